The van der Waals surface area contributed by atoms with Gasteiger partial charge in [-0.3, -0.25) is 19.7 Å². The van der Waals surface area contributed by atoms with Crippen molar-refractivity contribution < 1.29 is 18.9 Å². The van der Waals surface area contributed by atoms with E-state index in [0.29, 0.717) is 25.5 Å². The number of carbonyl (C=O) groups excluding carboxylic acids is 2. The second kappa shape index (κ2) is 5.13. The molecule has 0 saturated carbocycles. The molecule has 0 unspecified atom stereocenters. The SMILES string of the molecule is O=C1CCCN(C(=O)c2ccc([N+](=O)[O-])cc2F)C1. The van der Waals surface area contributed by atoms with Crippen LogP contribution in [-0.4, -0.2) is 34.6 Å². The van der Waals surface area contributed by atoms with E-state index in [4.69, 9.17) is 0 Å². The van der Waals surface area contributed by atoms with Crippen LogP contribution in [0.3, 0.4) is 0 Å². The minimum atomic E-state index is -0.947. The highest BCUT2D eigenvalue weighted by Gasteiger charge is 2.25. The first-order valence-corrected chi connectivity index (χ1v) is 5.74. The summed E-state index contributed by atoms with van der Waals surface area (Å²) in [4.78, 5) is 34.3. The number of carbonyl (C=O) groups is 2. The summed E-state index contributed by atoms with van der Waals surface area (Å²) in [5, 5.41) is 10.5. The summed E-state index contributed by atoms with van der Waals surface area (Å²) in [6.07, 6.45) is 0.978. The molecule has 1 fully saturated rings. The lowest BCUT2D eigenvalue weighted by molar-refractivity contribution is -0.385. The highest BCUT2D eigenvalue weighted by molar-refractivity contribution is 5.97. The summed E-state index contributed by atoms with van der Waals surface area (Å²) >= 11 is 0. The van der Waals surface area contributed by atoms with E-state index in [2.05, 4.69) is 0 Å². The Kier molecular flexibility index (Phi) is 3.55. The molecule has 0 aromatic heterocycles. The number of Topliss-reactive ketones (excluding diaryl/α,β-unsaturated/α-hetero) is 1. The van der Waals surface area contributed by atoms with Gasteiger partial charge in [-0.2, -0.15) is 0 Å². The number of nitrogens with zero attached hydrogens (tertiary/aromatic N) is 2. The second-order valence-corrected chi connectivity index (χ2v) is 4.29. The zero-order valence-corrected chi connectivity index (χ0v) is 9.97. The molecule has 0 atom stereocenters. The van der Waals surface area contributed by atoms with Crippen molar-refractivity contribution in [3.63, 3.8) is 0 Å². The van der Waals surface area contributed by atoms with Gasteiger partial charge in [0.2, 0.25) is 0 Å². The van der Waals surface area contributed by atoms with Gasteiger partial charge in [-0.05, 0) is 12.5 Å². The number of rotatable bonds is 2. The number of non-ortho nitro benzene ring substituents is 1. The van der Waals surface area contributed by atoms with Crippen LogP contribution >= 0.6 is 0 Å². The topological polar surface area (TPSA) is 80.5 Å². The summed E-state index contributed by atoms with van der Waals surface area (Å²) < 4.78 is 13.7. The first-order chi connectivity index (χ1) is 8.99. The highest BCUT2D eigenvalue weighted by atomic mass is 19.1. The summed E-state index contributed by atoms with van der Waals surface area (Å²) in [5.41, 5.74) is -0.663. The van der Waals surface area contributed by atoms with Crippen LogP contribution in [0, 0.1) is 15.9 Å². The Morgan fingerprint density at radius 2 is 2.16 bits per heavy atom. The van der Waals surface area contributed by atoms with Crippen LogP contribution in [0.4, 0.5) is 10.1 Å². The minimum Gasteiger partial charge on any atom is -0.331 e. The molecular formula is C12H11FN2O4. The van der Waals surface area contributed by atoms with Crippen LogP contribution in [-0.2, 0) is 4.79 Å². The Bertz CT molecular complexity index is 559. The molecule has 1 aliphatic rings. The predicted octanol–water partition coefficient (Wildman–Crippen LogP) is 1.54. The molecule has 0 radical (unpaired) electrons. The van der Waals surface area contributed by atoms with Gasteiger partial charge in [0.05, 0.1) is 23.1 Å². The van der Waals surface area contributed by atoms with Gasteiger partial charge in [0.15, 0.2) is 5.78 Å². The predicted molar refractivity (Wildman–Crippen MR) is 63.2 cm³/mol. The number of piperidine rings is 1. The molecule has 0 N–H and O–H groups in total. The van der Waals surface area contributed by atoms with Crippen molar-refractivity contribution in [1.82, 2.24) is 4.90 Å². The van der Waals surface area contributed by atoms with Crippen molar-refractivity contribution in [1.29, 1.82) is 0 Å². The monoisotopic (exact) mass is 266 g/mol. The highest BCUT2D eigenvalue weighted by Crippen LogP contribution is 2.19. The zero-order valence-electron chi connectivity index (χ0n) is 9.97. The van der Waals surface area contributed by atoms with Gasteiger partial charge < -0.3 is 4.90 Å². The average Bonchev–Trinajstić information content (AvgIpc) is 2.37. The van der Waals surface area contributed by atoms with Crippen molar-refractivity contribution in [2.45, 2.75) is 12.8 Å². The summed E-state index contributed by atoms with van der Waals surface area (Å²) in [6, 6.07) is 2.86. The molecule has 7 heteroatoms. The largest absolute Gasteiger partial charge is 0.331 e. The molecule has 0 spiro atoms. The number of likely N-dealkylation sites (tertiary alicyclic amines) is 1. The minimum absolute atomic E-state index is 0.0325. The normalized spacial score (nSPS) is 15.4. The van der Waals surface area contributed by atoms with Crippen LogP contribution in [0.15, 0.2) is 18.2 Å². The van der Waals surface area contributed by atoms with Crippen molar-refractivity contribution in [2.75, 3.05) is 13.1 Å². The third-order valence-electron chi connectivity index (χ3n) is 2.93. The molecule has 100 valence electrons. The molecule has 1 aliphatic heterocycles. The van der Waals surface area contributed by atoms with Crippen molar-refractivity contribution in [3.05, 3.63) is 39.7 Å². The third kappa shape index (κ3) is 2.75. The van der Waals surface area contributed by atoms with Crippen LogP contribution in [0.2, 0.25) is 0 Å². The Morgan fingerprint density at radius 1 is 1.42 bits per heavy atom. The fraction of sp³-hybridized carbons (Fsp3) is 0.333. The first kappa shape index (κ1) is 13.1. The van der Waals surface area contributed by atoms with E-state index in [1.807, 2.05) is 0 Å². The van der Waals surface area contributed by atoms with E-state index in [1.54, 1.807) is 0 Å². The van der Waals surface area contributed by atoms with Gasteiger partial charge in [0.1, 0.15) is 5.82 Å². The van der Waals surface area contributed by atoms with E-state index in [0.717, 1.165) is 12.1 Å². The zero-order chi connectivity index (χ0) is 14.0. The van der Waals surface area contributed by atoms with Crippen LogP contribution in [0.5, 0.6) is 0 Å². The quantitative estimate of drug-likeness (QED) is 0.600. The summed E-state index contributed by atoms with van der Waals surface area (Å²) in [7, 11) is 0. The molecular weight excluding hydrogens is 255 g/mol. The molecule has 1 amide bonds. The second-order valence-electron chi connectivity index (χ2n) is 4.29. The number of amides is 1. The molecule has 1 aromatic rings. The number of halogens is 1. The fourth-order valence-corrected chi connectivity index (χ4v) is 1.97. The lowest BCUT2D eigenvalue weighted by Gasteiger charge is -2.25. The Balaban J connectivity index is 2.24. The van der Waals surface area contributed by atoms with Gasteiger partial charge in [0, 0.05) is 19.0 Å². The maximum absolute atomic E-state index is 13.7. The molecule has 1 saturated heterocycles. The number of nitro benzene ring substituents is 1. The van der Waals surface area contributed by atoms with Gasteiger partial charge in [-0.1, -0.05) is 0 Å². The molecule has 1 aromatic carbocycles. The van der Waals surface area contributed by atoms with Crippen LogP contribution in [0.1, 0.15) is 23.2 Å². The number of nitro groups is 1. The number of hydrogen-bond acceptors (Lipinski definition) is 4. The van der Waals surface area contributed by atoms with Crippen molar-refractivity contribution >= 4 is 17.4 Å². The molecule has 19 heavy (non-hydrogen) atoms. The number of benzene rings is 1. The van der Waals surface area contributed by atoms with Crippen molar-refractivity contribution in [2.24, 2.45) is 0 Å². The Hall–Kier alpha value is -2.31. The molecule has 0 aliphatic carbocycles. The average molecular weight is 266 g/mol. The van der Waals surface area contributed by atoms with Gasteiger partial charge in [-0.25, -0.2) is 4.39 Å². The van der Waals surface area contributed by atoms with Gasteiger partial charge in [0.25, 0.3) is 11.6 Å². The van der Waals surface area contributed by atoms with E-state index < -0.39 is 22.3 Å². The molecule has 2 rings (SSSR count). The fourth-order valence-electron chi connectivity index (χ4n) is 1.97. The first-order valence-electron chi connectivity index (χ1n) is 5.74. The lowest BCUT2D eigenvalue weighted by Crippen LogP contribution is -2.40. The summed E-state index contributed by atoms with van der Waals surface area (Å²) in [6.45, 7) is 0.357. The van der Waals surface area contributed by atoms with E-state index >= 15 is 0 Å². The van der Waals surface area contributed by atoms with Crippen LogP contribution in [0.25, 0.3) is 0 Å². The lowest BCUT2D eigenvalue weighted by atomic mass is 10.1. The van der Waals surface area contributed by atoms with Gasteiger partial charge >= 0.3 is 0 Å². The maximum Gasteiger partial charge on any atom is 0.272 e. The Labute approximate surface area is 108 Å². The van der Waals surface area contributed by atoms with Crippen molar-refractivity contribution in [3.8, 4) is 0 Å². The van der Waals surface area contributed by atoms with E-state index in [9.17, 15) is 24.1 Å². The van der Waals surface area contributed by atoms with E-state index in [-0.39, 0.29) is 17.9 Å². The molecule has 0 bridgehead atoms. The number of hydrogen-bond donors (Lipinski definition) is 0. The maximum atomic E-state index is 13.7. The van der Waals surface area contributed by atoms with E-state index in [1.165, 1.54) is 4.90 Å². The third-order valence-corrected chi connectivity index (χ3v) is 2.93. The van der Waals surface area contributed by atoms with Gasteiger partial charge in [-0.15, -0.1) is 0 Å². The standard InChI is InChI=1S/C12H11FN2O4/c13-11-6-8(15(18)19)3-4-10(11)12(17)14-5-1-2-9(16)7-14/h3-4,6H,1-2,5,7H2. The number of ketones is 1. The smallest absolute Gasteiger partial charge is 0.272 e. The Morgan fingerprint density at radius 3 is 2.74 bits per heavy atom. The van der Waals surface area contributed by atoms with Crippen LogP contribution < -0.4 is 0 Å². The summed E-state index contributed by atoms with van der Waals surface area (Å²) in [5.74, 6) is -1.63. The molecule has 1 heterocycles. The molecule has 6 nitrogen and oxygen atoms in total.